The number of rotatable bonds is 5. The number of esters is 1. The second-order valence-corrected chi connectivity index (χ2v) is 4.42. The molecule has 0 amide bonds. The van der Waals surface area contributed by atoms with E-state index < -0.39 is 12.0 Å². The molecule has 0 aliphatic rings. The molecular weight excluding hydrogens is 268 g/mol. The van der Waals surface area contributed by atoms with Crippen molar-refractivity contribution >= 4 is 11.7 Å². The topological polar surface area (TPSA) is 79.9 Å². The Balaban J connectivity index is 2.29. The lowest BCUT2D eigenvalue weighted by atomic mass is 10.0. The van der Waals surface area contributed by atoms with Crippen LogP contribution < -0.4 is 5.32 Å². The molecule has 108 valence electrons. The highest BCUT2D eigenvalue weighted by Crippen LogP contribution is 2.21. The van der Waals surface area contributed by atoms with Gasteiger partial charge in [0.15, 0.2) is 6.04 Å². The molecule has 2 rings (SSSR count). The molecule has 21 heavy (non-hydrogen) atoms. The molecular formula is C15H16N4O2. The highest BCUT2D eigenvalue weighted by Gasteiger charge is 2.22. The van der Waals surface area contributed by atoms with Crippen molar-refractivity contribution < 1.29 is 9.53 Å². The maximum Gasteiger partial charge on any atom is 0.332 e. The van der Waals surface area contributed by atoms with Crippen LogP contribution in [0.2, 0.25) is 0 Å². The predicted molar refractivity (Wildman–Crippen MR) is 77.4 cm³/mol. The molecule has 0 aliphatic heterocycles. The zero-order valence-electron chi connectivity index (χ0n) is 11.9. The van der Waals surface area contributed by atoms with E-state index in [1.54, 1.807) is 35.1 Å². The Morgan fingerprint density at radius 1 is 1.57 bits per heavy atom. The molecule has 1 aromatic heterocycles. The van der Waals surface area contributed by atoms with Gasteiger partial charge in [-0.1, -0.05) is 12.1 Å². The van der Waals surface area contributed by atoms with Gasteiger partial charge < -0.3 is 10.1 Å². The van der Waals surface area contributed by atoms with Crippen molar-refractivity contribution in [3.63, 3.8) is 0 Å². The minimum atomic E-state index is -0.683. The quantitative estimate of drug-likeness (QED) is 0.850. The second kappa shape index (κ2) is 6.57. The van der Waals surface area contributed by atoms with E-state index in [4.69, 9.17) is 10.00 Å². The Kier molecular flexibility index (Phi) is 4.57. The number of hydrogen-bond donors (Lipinski definition) is 1. The van der Waals surface area contributed by atoms with Gasteiger partial charge in [0.1, 0.15) is 0 Å². The number of aromatic nitrogens is 2. The fraction of sp³-hybridized carbons (Fsp3) is 0.267. The molecule has 1 N–H and O–H groups in total. The third kappa shape index (κ3) is 3.39. The molecule has 0 aliphatic carbocycles. The molecule has 0 fully saturated rings. The molecule has 0 saturated carbocycles. The molecule has 0 radical (unpaired) electrons. The van der Waals surface area contributed by atoms with Crippen LogP contribution in [-0.2, 0) is 16.1 Å². The molecule has 0 spiro atoms. The number of anilines is 1. The zero-order chi connectivity index (χ0) is 15.2. The summed E-state index contributed by atoms with van der Waals surface area (Å²) < 4.78 is 6.59. The molecule has 2 aromatic rings. The number of aryl methyl sites for hydroxylation is 1. The minimum absolute atomic E-state index is 0.422. The number of hydrogen-bond acceptors (Lipinski definition) is 5. The molecule has 6 heteroatoms. The van der Waals surface area contributed by atoms with E-state index in [-0.39, 0.29) is 0 Å². The summed E-state index contributed by atoms with van der Waals surface area (Å²) in [5, 5.41) is 16.2. The van der Waals surface area contributed by atoms with Crippen LogP contribution in [0.15, 0.2) is 36.7 Å². The van der Waals surface area contributed by atoms with E-state index in [9.17, 15) is 4.79 Å². The first-order valence-electron chi connectivity index (χ1n) is 6.54. The van der Waals surface area contributed by atoms with Crippen molar-refractivity contribution in [1.29, 1.82) is 5.26 Å². The lowest BCUT2D eigenvalue weighted by molar-refractivity contribution is -0.141. The Hall–Kier alpha value is -2.81. The first-order valence-corrected chi connectivity index (χ1v) is 6.54. The van der Waals surface area contributed by atoms with Crippen molar-refractivity contribution in [2.45, 2.75) is 19.5 Å². The van der Waals surface area contributed by atoms with Crippen LogP contribution in [0.1, 0.15) is 24.1 Å². The van der Waals surface area contributed by atoms with Crippen LogP contribution in [0.4, 0.5) is 5.69 Å². The molecule has 6 nitrogen and oxygen atoms in total. The summed E-state index contributed by atoms with van der Waals surface area (Å²) >= 11 is 0. The summed E-state index contributed by atoms with van der Waals surface area (Å²) in [7, 11) is 1.33. The van der Waals surface area contributed by atoms with E-state index in [0.29, 0.717) is 11.1 Å². The van der Waals surface area contributed by atoms with Crippen LogP contribution >= 0.6 is 0 Å². The van der Waals surface area contributed by atoms with Gasteiger partial charge >= 0.3 is 5.97 Å². The maximum atomic E-state index is 12.0. The van der Waals surface area contributed by atoms with Crippen LogP contribution in [0.5, 0.6) is 0 Å². The summed E-state index contributed by atoms with van der Waals surface area (Å²) in [5.74, 6) is -0.422. The summed E-state index contributed by atoms with van der Waals surface area (Å²) in [6.45, 7) is 2.72. The summed E-state index contributed by atoms with van der Waals surface area (Å²) in [5.41, 5.74) is 1.88. The fourth-order valence-corrected chi connectivity index (χ4v) is 1.96. The average Bonchev–Trinajstić information content (AvgIpc) is 2.99. The van der Waals surface area contributed by atoms with Gasteiger partial charge in [0.05, 0.1) is 30.6 Å². The van der Waals surface area contributed by atoms with Crippen LogP contribution in [0, 0.1) is 11.3 Å². The monoisotopic (exact) mass is 284 g/mol. The Morgan fingerprint density at radius 3 is 3.00 bits per heavy atom. The first kappa shape index (κ1) is 14.6. The van der Waals surface area contributed by atoms with Crippen LogP contribution in [0.3, 0.4) is 0 Å². The SMILES string of the molecule is CCn1cc(NC(C(=O)OC)c2cccc(C#N)c2)cn1. The summed E-state index contributed by atoms with van der Waals surface area (Å²) in [6.07, 6.45) is 3.46. The van der Waals surface area contributed by atoms with Gasteiger partial charge in [-0.3, -0.25) is 4.68 Å². The standard InChI is InChI=1S/C15H16N4O2/c1-3-19-10-13(9-17-19)18-14(15(20)21-2)12-6-4-5-11(7-12)8-16/h4-7,9-10,14,18H,3H2,1-2H3. The molecule has 0 saturated heterocycles. The van der Waals surface area contributed by atoms with E-state index >= 15 is 0 Å². The number of nitriles is 1. The number of carbonyl (C=O) groups is 1. The molecule has 0 bridgehead atoms. The molecule has 1 atom stereocenters. The third-order valence-corrected chi connectivity index (χ3v) is 3.05. The van der Waals surface area contributed by atoms with Gasteiger partial charge in [0.25, 0.3) is 0 Å². The molecule has 1 heterocycles. The van der Waals surface area contributed by atoms with Gasteiger partial charge in [-0.25, -0.2) is 4.79 Å². The molecule has 1 unspecified atom stereocenters. The third-order valence-electron chi connectivity index (χ3n) is 3.05. The largest absolute Gasteiger partial charge is 0.467 e. The van der Waals surface area contributed by atoms with E-state index in [2.05, 4.69) is 16.5 Å². The van der Waals surface area contributed by atoms with Crippen LogP contribution in [0.25, 0.3) is 0 Å². The second-order valence-electron chi connectivity index (χ2n) is 4.42. The van der Waals surface area contributed by atoms with Gasteiger partial charge in [0.2, 0.25) is 0 Å². The maximum absolute atomic E-state index is 12.0. The number of methoxy groups -OCH3 is 1. The summed E-state index contributed by atoms with van der Waals surface area (Å²) in [4.78, 5) is 12.0. The lowest BCUT2D eigenvalue weighted by Crippen LogP contribution is -2.22. The fourth-order valence-electron chi connectivity index (χ4n) is 1.96. The Bertz CT molecular complexity index is 672. The number of benzene rings is 1. The zero-order valence-corrected chi connectivity index (χ0v) is 11.9. The Labute approximate surface area is 123 Å². The Morgan fingerprint density at radius 2 is 2.38 bits per heavy atom. The normalized spacial score (nSPS) is 11.5. The highest BCUT2D eigenvalue weighted by atomic mass is 16.5. The number of nitrogens with one attached hydrogen (secondary N) is 1. The van der Waals surface area contributed by atoms with Crippen molar-refractivity contribution in [1.82, 2.24) is 9.78 Å². The van der Waals surface area contributed by atoms with Gasteiger partial charge in [0, 0.05) is 12.7 Å². The van der Waals surface area contributed by atoms with Crippen molar-refractivity contribution in [3.05, 3.63) is 47.8 Å². The predicted octanol–water partition coefficient (Wildman–Crippen LogP) is 2.10. The van der Waals surface area contributed by atoms with Crippen molar-refractivity contribution in [2.75, 3.05) is 12.4 Å². The lowest BCUT2D eigenvalue weighted by Gasteiger charge is -2.17. The van der Waals surface area contributed by atoms with Crippen molar-refractivity contribution in [3.8, 4) is 6.07 Å². The minimum Gasteiger partial charge on any atom is -0.467 e. The van der Waals surface area contributed by atoms with Crippen molar-refractivity contribution in [2.24, 2.45) is 0 Å². The van der Waals surface area contributed by atoms with E-state index in [0.717, 1.165) is 12.2 Å². The van der Waals surface area contributed by atoms with E-state index in [1.807, 2.05) is 13.1 Å². The molecule has 1 aromatic carbocycles. The van der Waals surface area contributed by atoms with Gasteiger partial charge in [-0.2, -0.15) is 10.4 Å². The van der Waals surface area contributed by atoms with Gasteiger partial charge in [-0.15, -0.1) is 0 Å². The van der Waals surface area contributed by atoms with E-state index in [1.165, 1.54) is 7.11 Å². The average molecular weight is 284 g/mol. The summed E-state index contributed by atoms with van der Waals surface area (Å²) in [6, 6.07) is 8.24. The number of carbonyl (C=O) groups excluding carboxylic acids is 1. The first-order chi connectivity index (χ1) is 10.2. The number of ether oxygens (including phenoxy) is 1. The van der Waals surface area contributed by atoms with Gasteiger partial charge in [-0.05, 0) is 24.6 Å². The number of nitrogens with zero attached hydrogens (tertiary/aromatic N) is 3. The highest BCUT2D eigenvalue weighted by molar-refractivity contribution is 5.81. The smallest absolute Gasteiger partial charge is 0.332 e. The van der Waals surface area contributed by atoms with Crippen LogP contribution in [-0.4, -0.2) is 22.9 Å².